The Morgan fingerprint density at radius 2 is 2.06 bits per heavy atom. The average molecular weight is 248 g/mol. The zero-order valence-electron chi connectivity index (χ0n) is 11.1. The minimum Gasteiger partial charge on any atom is -0.382 e. The summed E-state index contributed by atoms with van der Waals surface area (Å²) in [6.07, 6.45) is 2.37. The van der Waals surface area contributed by atoms with Gasteiger partial charge in [0.05, 0.1) is 4.92 Å². The van der Waals surface area contributed by atoms with Crippen LogP contribution < -0.4 is 5.32 Å². The molecule has 1 N–H and O–H groups in total. The van der Waals surface area contributed by atoms with Crippen LogP contribution in [0.15, 0.2) is 18.2 Å². The van der Waals surface area contributed by atoms with Gasteiger partial charge in [0.1, 0.15) is 0 Å². The Morgan fingerprint density at radius 3 is 2.61 bits per heavy atom. The van der Waals surface area contributed by atoms with Crippen molar-refractivity contribution in [2.24, 2.45) is 11.8 Å². The number of nitro groups is 1. The number of benzene rings is 1. The number of non-ortho nitro benzene ring substituents is 1. The molecule has 0 spiro atoms. The fourth-order valence-electron chi connectivity index (χ4n) is 2.65. The lowest BCUT2D eigenvalue weighted by molar-refractivity contribution is -0.384. The topological polar surface area (TPSA) is 55.2 Å². The molecule has 3 unspecified atom stereocenters. The van der Waals surface area contributed by atoms with Gasteiger partial charge in [0.15, 0.2) is 0 Å². The van der Waals surface area contributed by atoms with Gasteiger partial charge in [-0.05, 0) is 37.2 Å². The molecule has 18 heavy (non-hydrogen) atoms. The van der Waals surface area contributed by atoms with E-state index in [9.17, 15) is 10.1 Å². The van der Waals surface area contributed by atoms with Gasteiger partial charge < -0.3 is 5.32 Å². The van der Waals surface area contributed by atoms with Crippen LogP contribution in [0.5, 0.6) is 0 Å². The van der Waals surface area contributed by atoms with Crippen LogP contribution in [0.2, 0.25) is 0 Å². The van der Waals surface area contributed by atoms with Crippen molar-refractivity contribution in [1.29, 1.82) is 0 Å². The molecule has 1 fully saturated rings. The molecule has 0 aromatic heterocycles. The van der Waals surface area contributed by atoms with Gasteiger partial charge in [-0.15, -0.1) is 0 Å². The summed E-state index contributed by atoms with van der Waals surface area (Å²) >= 11 is 0. The quantitative estimate of drug-likeness (QED) is 0.654. The summed E-state index contributed by atoms with van der Waals surface area (Å²) in [7, 11) is 0. The lowest BCUT2D eigenvalue weighted by atomic mass is 9.97. The van der Waals surface area contributed by atoms with Crippen molar-refractivity contribution in [3.63, 3.8) is 0 Å². The van der Waals surface area contributed by atoms with E-state index in [-0.39, 0.29) is 10.6 Å². The minimum absolute atomic E-state index is 0.154. The molecular weight excluding hydrogens is 228 g/mol. The summed E-state index contributed by atoms with van der Waals surface area (Å²) < 4.78 is 0. The average Bonchev–Trinajstić information content (AvgIpc) is 2.63. The molecule has 3 atom stereocenters. The Bertz CT molecular complexity index is 459. The first-order valence-electron chi connectivity index (χ1n) is 6.50. The van der Waals surface area contributed by atoms with Crippen molar-refractivity contribution in [1.82, 2.24) is 0 Å². The number of rotatable bonds is 3. The largest absolute Gasteiger partial charge is 0.382 e. The summed E-state index contributed by atoms with van der Waals surface area (Å²) in [4.78, 5) is 10.5. The molecule has 0 bridgehead atoms. The first-order chi connectivity index (χ1) is 8.49. The van der Waals surface area contributed by atoms with E-state index in [1.54, 1.807) is 12.1 Å². The van der Waals surface area contributed by atoms with Crippen molar-refractivity contribution in [2.45, 2.75) is 39.7 Å². The fraction of sp³-hybridized carbons (Fsp3) is 0.571. The molecule has 98 valence electrons. The van der Waals surface area contributed by atoms with E-state index in [1.165, 1.54) is 6.42 Å². The SMILES string of the molecule is Cc1ccc([N+](=O)[O-])cc1NC1CCC(C)C1C. The number of hydrogen-bond acceptors (Lipinski definition) is 3. The highest BCUT2D eigenvalue weighted by atomic mass is 16.6. The summed E-state index contributed by atoms with van der Waals surface area (Å²) in [5.41, 5.74) is 2.12. The Kier molecular flexibility index (Phi) is 3.55. The highest BCUT2D eigenvalue weighted by Crippen LogP contribution is 2.34. The third-order valence-electron chi connectivity index (χ3n) is 4.24. The maximum Gasteiger partial charge on any atom is 0.271 e. The lowest BCUT2D eigenvalue weighted by Crippen LogP contribution is -2.24. The van der Waals surface area contributed by atoms with Crippen molar-refractivity contribution in [3.05, 3.63) is 33.9 Å². The molecule has 0 saturated heterocycles. The second-order valence-corrected chi connectivity index (χ2v) is 5.42. The maximum absolute atomic E-state index is 10.8. The number of nitrogens with zero attached hydrogens (tertiary/aromatic N) is 1. The van der Waals surface area contributed by atoms with Gasteiger partial charge in [-0.25, -0.2) is 0 Å². The predicted molar refractivity (Wildman–Crippen MR) is 72.8 cm³/mol. The van der Waals surface area contributed by atoms with Gasteiger partial charge in [-0.1, -0.05) is 19.9 Å². The molecule has 1 aliphatic carbocycles. The second kappa shape index (κ2) is 4.96. The first-order valence-corrected chi connectivity index (χ1v) is 6.50. The van der Waals surface area contributed by atoms with Crippen LogP contribution in [0, 0.1) is 28.9 Å². The van der Waals surface area contributed by atoms with E-state index < -0.39 is 0 Å². The Morgan fingerprint density at radius 1 is 1.33 bits per heavy atom. The zero-order chi connectivity index (χ0) is 13.3. The van der Waals surface area contributed by atoms with Crippen LogP contribution >= 0.6 is 0 Å². The molecule has 1 aromatic rings. The Balaban J connectivity index is 2.18. The molecule has 0 heterocycles. The minimum atomic E-state index is -0.342. The molecule has 1 saturated carbocycles. The van der Waals surface area contributed by atoms with Crippen LogP contribution in [0.3, 0.4) is 0 Å². The third kappa shape index (κ3) is 2.47. The molecule has 0 aliphatic heterocycles. The monoisotopic (exact) mass is 248 g/mol. The molecule has 2 rings (SSSR count). The standard InChI is InChI=1S/C14H20N2O2/c1-9-5-7-13(11(9)3)15-14-8-12(16(17)18)6-4-10(14)2/h4,6,8-9,11,13,15H,5,7H2,1-3H3. The molecular formula is C14H20N2O2. The van der Waals surface area contributed by atoms with Gasteiger partial charge in [0.2, 0.25) is 0 Å². The Hall–Kier alpha value is -1.58. The van der Waals surface area contributed by atoms with Gasteiger partial charge in [0, 0.05) is 23.9 Å². The molecule has 1 aromatic carbocycles. The van der Waals surface area contributed by atoms with Crippen LogP contribution in [-0.4, -0.2) is 11.0 Å². The summed E-state index contributed by atoms with van der Waals surface area (Å²) in [5.74, 6) is 1.34. The van der Waals surface area contributed by atoms with Gasteiger partial charge in [-0.3, -0.25) is 10.1 Å². The van der Waals surface area contributed by atoms with E-state index >= 15 is 0 Å². The number of nitrogens with one attached hydrogen (secondary N) is 1. The highest BCUT2D eigenvalue weighted by molar-refractivity contribution is 5.57. The van der Waals surface area contributed by atoms with Gasteiger partial charge in [0.25, 0.3) is 5.69 Å². The maximum atomic E-state index is 10.8. The summed E-state index contributed by atoms with van der Waals surface area (Å²) in [5, 5.41) is 14.3. The van der Waals surface area contributed by atoms with Crippen molar-refractivity contribution < 1.29 is 4.92 Å². The van der Waals surface area contributed by atoms with Crippen molar-refractivity contribution in [2.75, 3.05) is 5.32 Å². The number of anilines is 1. The van der Waals surface area contributed by atoms with Crippen LogP contribution in [-0.2, 0) is 0 Å². The van der Waals surface area contributed by atoms with Crippen LogP contribution in [0.1, 0.15) is 32.3 Å². The smallest absolute Gasteiger partial charge is 0.271 e. The highest BCUT2D eigenvalue weighted by Gasteiger charge is 2.29. The Labute approximate surface area is 108 Å². The molecule has 4 nitrogen and oxygen atoms in total. The van der Waals surface area contributed by atoms with Gasteiger partial charge in [-0.2, -0.15) is 0 Å². The number of hydrogen-bond donors (Lipinski definition) is 1. The van der Waals surface area contributed by atoms with Crippen molar-refractivity contribution in [3.8, 4) is 0 Å². The first kappa shape index (κ1) is 12.9. The van der Waals surface area contributed by atoms with E-state index in [4.69, 9.17) is 0 Å². The van der Waals surface area contributed by atoms with E-state index in [0.717, 1.165) is 23.6 Å². The van der Waals surface area contributed by atoms with Crippen LogP contribution in [0.4, 0.5) is 11.4 Å². The van der Waals surface area contributed by atoms with E-state index in [0.29, 0.717) is 12.0 Å². The second-order valence-electron chi connectivity index (χ2n) is 5.42. The molecule has 4 heteroatoms. The normalized spacial score (nSPS) is 27.2. The fourth-order valence-corrected chi connectivity index (χ4v) is 2.65. The molecule has 1 aliphatic rings. The number of nitro benzene ring substituents is 1. The summed E-state index contributed by atoms with van der Waals surface area (Å²) in [6.45, 7) is 6.50. The number of aryl methyl sites for hydroxylation is 1. The van der Waals surface area contributed by atoms with Crippen molar-refractivity contribution >= 4 is 11.4 Å². The molecule has 0 amide bonds. The predicted octanol–water partition coefficient (Wildman–Crippen LogP) is 3.75. The van der Waals surface area contributed by atoms with Crippen LogP contribution in [0.25, 0.3) is 0 Å². The molecule has 0 radical (unpaired) electrons. The third-order valence-corrected chi connectivity index (χ3v) is 4.24. The van der Waals surface area contributed by atoms with E-state index in [1.807, 2.05) is 13.0 Å². The summed E-state index contributed by atoms with van der Waals surface area (Å²) in [6, 6.07) is 5.44. The lowest BCUT2D eigenvalue weighted by Gasteiger charge is -2.21. The van der Waals surface area contributed by atoms with E-state index in [2.05, 4.69) is 19.2 Å². The van der Waals surface area contributed by atoms with Gasteiger partial charge >= 0.3 is 0 Å². The zero-order valence-corrected chi connectivity index (χ0v) is 11.1.